The van der Waals surface area contributed by atoms with Crippen molar-refractivity contribution in [3.8, 4) is 0 Å². The number of piperidine rings is 1. The number of nitrogens with one attached hydrogen (secondary N) is 2. The quantitative estimate of drug-likeness (QED) is 0.617. The molecule has 1 unspecified atom stereocenters. The number of pyridine rings is 1. The number of aliphatic hydroxyl groups is 1. The largest absolute Gasteiger partial charge is 0.396 e. The van der Waals surface area contributed by atoms with Crippen LogP contribution in [0.15, 0.2) is 18.3 Å². The molecule has 2 aliphatic rings. The Labute approximate surface area is 132 Å². The van der Waals surface area contributed by atoms with Crippen LogP contribution >= 0.6 is 0 Å². The fraction of sp³-hybridized carbons (Fsp3) is 0.467. The molecule has 1 aromatic rings. The first-order valence-corrected chi connectivity index (χ1v) is 7.53. The van der Waals surface area contributed by atoms with E-state index in [4.69, 9.17) is 5.11 Å². The maximum Gasteiger partial charge on any atom is 0.270 e. The monoisotopic (exact) mass is 318 g/mol. The van der Waals surface area contributed by atoms with Crippen LogP contribution in [0.4, 0.5) is 5.69 Å². The fourth-order valence-electron chi connectivity index (χ4n) is 2.67. The molecule has 1 aromatic heterocycles. The normalized spacial score (nSPS) is 21.6. The molecule has 8 nitrogen and oxygen atoms in total. The number of anilines is 1. The lowest BCUT2D eigenvalue weighted by atomic mass is 10.0. The Morgan fingerprint density at radius 2 is 2.17 bits per heavy atom. The van der Waals surface area contributed by atoms with Gasteiger partial charge in [0.05, 0.1) is 11.9 Å². The predicted octanol–water partition coefficient (Wildman–Crippen LogP) is -0.955. The van der Waals surface area contributed by atoms with E-state index in [0.29, 0.717) is 12.3 Å². The second kappa shape index (κ2) is 6.33. The summed E-state index contributed by atoms with van der Waals surface area (Å²) >= 11 is 0. The summed E-state index contributed by atoms with van der Waals surface area (Å²) in [5, 5.41) is 13.8. The maximum atomic E-state index is 12.1. The van der Waals surface area contributed by atoms with Gasteiger partial charge in [-0.3, -0.25) is 19.7 Å². The zero-order valence-corrected chi connectivity index (χ0v) is 12.5. The number of hydrogen-bond acceptors (Lipinski definition) is 6. The molecule has 3 amide bonds. The first kappa shape index (κ1) is 15.4. The number of carbonyl (C=O) groups excluding carboxylic acids is 3. The van der Waals surface area contributed by atoms with Crippen molar-refractivity contribution in [1.82, 2.24) is 15.6 Å². The number of nitrogens with zero attached hydrogens (tertiary/aromatic N) is 2. The second-order valence-electron chi connectivity index (χ2n) is 5.83. The first-order valence-electron chi connectivity index (χ1n) is 7.53. The minimum absolute atomic E-state index is 0.177. The van der Waals surface area contributed by atoms with Crippen LogP contribution in [0.25, 0.3) is 0 Å². The molecule has 0 saturated carbocycles. The molecule has 0 spiro atoms. The molecule has 8 heteroatoms. The summed E-state index contributed by atoms with van der Waals surface area (Å²) in [6.45, 7) is 1.73. The average molecular weight is 318 g/mol. The third-order valence-electron chi connectivity index (χ3n) is 4.11. The van der Waals surface area contributed by atoms with Crippen molar-refractivity contribution in [3.05, 3.63) is 24.0 Å². The van der Waals surface area contributed by atoms with Gasteiger partial charge in [0.15, 0.2) is 0 Å². The predicted molar refractivity (Wildman–Crippen MR) is 80.7 cm³/mol. The van der Waals surface area contributed by atoms with Crippen molar-refractivity contribution >= 4 is 23.4 Å². The summed E-state index contributed by atoms with van der Waals surface area (Å²) < 4.78 is 0. The molecule has 2 aliphatic heterocycles. The number of aliphatic hydroxyl groups excluding tert-OH is 1. The van der Waals surface area contributed by atoms with Gasteiger partial charge in [0, 0.05) is 32.0 Å². The molecule has 0 radical (unpaired) electrons. The van der Waals surface area contributed by atoms with Gasteiger partial charge in [-0.05, 0) is 18.6 Å². The summed E-state index contributed by atoms with van der Waals surface area (Å²) in [5.41, 5.74) is 1.12. The van der Waals surface area contributed by atoms with Crippen LogP contribution in [-0.4, -0.2) is 53.6 Å². The van der Waals surface area contributed by atoms with Crippen LogP contribution in [-0.2, 0) is 9.59 Å². The summed E-state index contributed by atoms with van der Waals surface area (Å²) in [4.78, 5) is 41.0. The molecular formula is C15H18N4O4. The van der Waals surface area contributed by atoms with E-state index in [-0.39, 0.29) is 24.6 Å². The lowest BCUT2D eigenvalue weighted by Gasteiger charge is -2.39. The Morgan fingerprint density at radius 3 is 2.78 bits per heavy atom. The molecule has 1 atom stereocenters. The molecule has 2 fully saturated rings. The molecule has 0 bridgehead atoms. The molecule has 0 aromatic carbocycles. The van der Waals surface area contributed by atoms with E-state index < -0.39 is 17.9 Å². The fourth-order valence-corrected chi connectivity index (χ4v) is 2.67. The van der Waals surface area contributed by atoms with Crippen molar-refractivity contribution in [1.29, 1.82) is 0 Å². The minimum Gasteiger partial charge on any atom is -0.396 e. The highest BCUT2D eigenvalue weighted by Crippen LogP contribution is 2.23. The molecule has 23 heavy (non-hydrogen) atoms. The van der Waals surface area contributed by atoms with Crippen molar-refractivity contribution in [2.45, 2.75) is 18.9 Å². The summed E-state index contributed by atoms with van der Waals surface area (Å²) in [6, 6.07) is 2.69. The van der Waals surface area contributed by atoms with Gasteiger partial charge in [-0.25, -0.2) is 4.98 Å². The van der Waals surface area contributed by atoms with Gasteiger partial charge >= 0.3 is 0 Å². The standard InChI is InChI=1S/C15H18N4O4/c20-8-9-6-19(7-9)10-1-2-11(16-5-10)14(22)17-12-3-4-13(21)18-15(12)23/h1-2,5,9,12,20H,3-4,6-8H2,(H,17,22)(H,18,21,23). The Kier molecular flexibility index (Phi) is 4.24. The summed E-state index contributed by atoms with van der Waals surface area (Å²) in [7, 11) is 0. The lowest BCUT2D eigenvalue weighted by Crippen LogP contribution is -2.52. The average Bonchev–Trinajstić information content (AvgIpc) is 2.49. The van der Waals surface area contributed by atoms with Crippen LogP contribution in [0.5, 0.6) is 0 Å². The van der Waals surface area contributed by atoms with E-state index in [1.54, 1.807) is 18.3 Å². The van der Waals surface area contributed by atoms with Crippen molar-refractivity contribution < 1.29 is 19.5 Å². The van der Waals surface area contributed by atoms with Gasteiger partial charge in [-0.1, -0.05) is 0 Å². The van der Waals surface area contributed by atoms with Gasteiger partial charge in [-0.15, -0.1) is 0 Å². The van der Waals surface area contributed by atoms with Gasteiger partial charge in [0.2, 0.25) is 11.8 Å². The zero-order valence-electron chi connectivity index (χ0n) is 12.5. The highest BCUT2D eigenvalue weighted by atomic mass is 16.3. The van der Waals surface area contributed by atoms with Crippen LogP contribution in [0.2, 0.25) is 0 Å². The third-order valence-corrected chi connectivity index (χ3v) is 4.11. The van der Waals surface area contributed by atoms with Gasteiger partial charge in [0.1, 0.15) is 11.7 Å². The third kappa shape index (κ3) is 3.31. The van der Waals surface area contributed by atoms with Crippen LogP contribution in [0.1, 0.15) is 23.3 Å². The zero-order chi connectivity index (χ0) is 16.4. The number of hydrogen-bond donors (Lipinski definition) is 3. The van der Waals surface area contributed by atoms with Crippen molar-refractivity contribution in [3.63, 3.8) is 0 Å². The van der Waals surface area contributed by atoms with Crippen molar-refractivity contribution in [2.75, 3.05) is 24.6 Å². The second-order valence-corrected chi connectivity index (χ2v) is 5.83. The molecule has 2 saturated heterocycles. The number of carbonyl (C=O) groups is 3. The van der Waals surface area contributed by atoms with Gasteiger partial charge < -0.3 is 15.3 Å². The first-order chi connectivity index (χ1) is 11.1. The molecular weight excluding hydrogens is 300 g/mol. The smallest absolute Gasteiger partial charge is 0.270 e. The van der Waals surface area contributed by atoms with E-state index in [9.17, 15) is 14.4 Å². The highest BCUT2D eigenvalue weighted by molar-refractivity contribution is 6.03. The Balaban J connectivity index is 1.58. The van der Waals surface area contributed by atoms with Gasteiger partial charge in [-0.2, -0.15) is 0 Å². The van der Waals surface area contributed by atoms with Crippen molar-refractivity contribution in [2.24, 2.45) is 5.92 Å². The van der Waals surface area contributed by atoms with E-state index in [1.807, 2.05) is 0 Å². The summed E-state index contributed by atoms with van der Waals surface area (Å²) in [5.74, 6) is -0.950. The van der Waals surface area contributed by atoms with E-state index in [1.165, 1.54) is 0 Å². The van der Waals surface area contributed by atoms with E-state index in [0.717, 1.165) is 18.8 Å². The van der Waals surface area contributed by atoms with Crippen LogP contribution in [0, 0.1) is 5.92 Å². The van der Waals surface area contributed by atoms with E-state index >= 15 is 0 Å². The van der Waals surface area contributed by atoms with Crippen LogP contribution < -0.4 is 15.5 Å². The molecule has 3 rings (SSSR count). The molecule has 0 aliphatic carbocycles. The highest BCUT2D eigenvalue weighted by Gasteiger charge is 2.29. The Bertz CT molecular complexity index is 625. The molecule has 122 valence electrons. The van der Waals surface area contributed by atoms with E-state index in [2.05, 4.69) is 20.5 Å². The minimum atomic E-state index is -0.706. The van der Waals surface area contributed by atoms with Gasteiger partial charge in [0.25, 0.3) is 5.91 Å². The number of amides is 3. The molecule has 3 N–H and O–H groups in total. The molecule has 3 heterocycles. The number of aromatic nitrogens is 1. The topological polar surface area (TPSA) is 112 Å². The SMILES string of the molecule is O=C1CCC(NC(=O)c2ccc(N3CC(CO)C3)cn2)C(=O)N1. The summed E-state index contributed by atoms with van der Waals surface area (Å²) in [6.07, 6.45) is 2.11. The van der Waals surface area contributed by atoms with Crippen LogP contribution in [0.3, 0.4) is 0 Å². The number of imide groups is 1. The maximum absolute atomic E-state index is 12.1. The lowest BCUT2D eigenvalue weighted by molar-refractivity contribution is -0.134. The Hall–Kier alpha value is -2.48. The Morgan fingerprint density at radius 1 is 1.39 bits per heavy atom. The number of rotatable bonds is 4.